The van der Waals surface area contributed by atoms with Crippen molar-refractivity contribution < 1.29 is 52.5 Å². The lowest BCUT2D eigenvalue weighted by molar-refractivity contribution is -0.136. The molecule has 2 aromatic heterocycles. The highest BCUT2D eigenvalue weighted by Crippen LogP contribution is 2.33. The van der Waals surface area contributed by atoms with Gasteiger partial charge in [-0.05, 0) is 76.8 Å². The predicted octanol–water partition coefficient (Wildman–Crippen LogP) is 4.07. The van der Waals surface area contributed by atoms with Crippen LogP contribution in [0.1, 0.15) is 95.9 Å². The molecule has 0 bridgehead atoms. The molecular weight excluding hydrogens is 869 g/mol. The van der Waals surface area contributed by atoms with E-state index in [0.717, 1.165) is 36.1 Å². The fourth-order valence-corrected chi connectivity index (χ4v) is 8.22. The first-order chi connectivity index (χ1) is 32.2. The SMILES string of the molecule is Cc1cc(Nc2nc(N[C@H]3CCCC[C@H]3NC(=O)OC(C)(C)C)n3ccnc3c2C(N)=O)cc(OCCOCCOCCOCCNc2cccc3c2C(=O)N(C2CCC(=O)NC2=O)C3=O)c1. The van der Waals surface area contributed by atoms with Crippen molar-refractivity contribution in [3.8, 4) is 5.75 Å². The van der Waals surface area contributed by atoms with Crippen molar-refractivity contribution in [3.63, 3.8) is 0 Å². The fraction of sp³-hybridized carbons (Fsp3) is 0.478. The third-order valence-electron chi connectivity index (χ3n) is 11.2. The highest BCUT2D eigenvalue weighted by Gasteiger charge is 2.45. The highest BCUT2D eigenvalue weighted by atomic mass is 16.6. The molecule has 3 aliphatic rings. The van der Waals surface area contributed by atoms with Gasteiger partial charge in [0.1, 0.15) is 29.6 Å². The van der Waals surface area contributed by atoms with Crippen molar-refractivity contribution in [3.05, 3.63) is 71.0 Å². The number of aryl methyl sites for hydroxylation is 1. The minimum atomic E-state index is -1.04. The van der Waals surface area contributed by atoms with Crippen molar-refractivity contribution in [2.75, 3.05) is 68.7 Å². The quantitative estimate of drug-likeness (QED) is 0.0508. The molecular formula is C46H58N10O11. The molecule has 4 heterocycles. The number of nitrogens with two attached hydrogens (primary N) is 1. The van der Waals surface area contributed by atoms with Crippen LogP contribution in [-0.4, -0.2) is 131 Å². The van der Waals surface area contributed by atoms with Crippen LogP contribution in [0.25, 0.3) is 5.65 Å². The van der Waals surface area contributed by atoms with E-state index in [1.165, 1.54) is 0 Å². The van der Waals surface area contributed by atoms with E-state index in [2.05, 4.69) is 31.6 Å². The van der Waals surface area contributed by atoms with E-state index in [1.807, 2.05) is 39.8 Å². The average Bonchev–Trinajstić information content (AvgIpc) is 3.85. The van der Waals surface area contributed by atoms with Crippen LogP contribution in [0.4, 0.5) is 27.9 Å². The molecule has 7 rings (SSSR count). The van der Waals surface area contributed by atoms with Crippen LogP contribution >= 0.6 is 0 Å². The molecule has 0 spiro atoms. The molecule has 6 amide bonds. The normalized spacial score (nSPS) is 18.4. The number of rotatable bonds is 21. The molecule has 21 heteroatoms. The fourth-order valence-electron chi connectivity index (χ4n) is 8.22. The zero-order valence-electron chi connectivity index (χ0n) is 38.1. The Kier molecular flexibility index (Phi) is 15.5. The maximum atomic E-state index is 13.3. The van der Waals surface area contributed by atoms with Gasteiger partial charge >= 0.3 is 6.09 Å². The standard InChI is InChI=1S/C46H58N10O11/c1-27-24-28(50-39-37(38(47)58)40-49-14-16-55(40)44(54-39)51-31-9-5-6-10-32(31)52-45(62)67-46(2,3)4)26-29(25-27)66-23-22-65-21-20-64-19-18-63-17-15-48-33-11-7-8-30-36(33)43(61)56(42(30)60)34-12-13-35(57)53-41(34)59/h7-8,11,14,16,24-26,31-32,34,48,50H,5-6,9-10,12-13,15,17-23H2,1-4H3,(H2,47,58)(H,51,54)(H,52,62)(H,53,57,59)/t31-,32+,34?/m0/s1. The Morgan fingerprint density at radius 1 is 0.896 bits per heavy atom. The summed E-state index contributed by atoms with van der Waals surface area (Å²) in [6.45, 7) is 9.91. The van der Waals surface area contributed by atoms with E-state index in [9.17, 15) is 28.8 Å². The van der Waals surface area contributed by atoms with Crippen molar-refractivity contribution in [2.45, 2.75) is 89.9 Å². The number of ether oxygens (including phenoxy) is 5. The van der Waals surface area contributed by atoms with Gasteiger partial charge in [-0.25, -0.2) is 9.78 Å². The molecule has 7 N–H and O–H groups in total. The first kappa shape index (κ1) is 48.1. The Morgan fingerprint density at radius 3 is 2.33 bits per heavy atom. The zero-order chi connectivity index (χ0) is 47.7. The van der Waals surface area contributed by atoms with Crippen molar-refractivity contribution in [2.24, 2.45) is 5.73 Å². The van der Waals surface area contributed by atoms with Gasteiger partial charge in [0, 0.05) is 48.8 Å². The number of aromatic nitrogens is 3. The van der Waals surface area contributed by atoms with Gasteiger partial charge in [0.2, 0.25) is 17.8 Å². The van der Waals surface area contributed by atoms with Gasteiger partial charge in [-0.1, -0.05) is 18.9 Å². The van der Waals surface area contributed by atoms with E-state index in [4.69, 9.17) is 34.4 Å². The number of carbonyl (C=O) groups excluding carboxylic acids is 6. The van der Waals surface area contributed by atoms with Crippen LogP contribution in [-0.2, 0) is 28.5 Å². The lowest BCUT2D eigenvalue weighted by atomic mass is 9.90. The number of anilines is 4. The molecule has 3 atom stereocenters. The lowest BCUT2D eigenvalue weighted by Gasteiger charge is -2.34. The molecule has 2 aromatic carbocycles. The van der Waals surface area contributed by atoms with Crippen LogP contribution in [0, 0.1) is 6.92 Å². The maximum Gasteiger partial charge on any atom is 0.407 e. The third-order valence-corrected chi connectivity index (χ3v) is 11.2. The lowest BCUT2D eigenvalue weighted by Crippen LogP contribution is -2.54. The van der Waals surface area contributed by atoms with Gasteiger partial charge in [-0.15, -0.1) is 0 Å². The number of imide groups is 2. The molecule has 0 radical (unpaired) electrons. The molecule has 1 unspecified atom stereocenters. The number of nitrogens with zero attached hydrogens (tertiary/aromatic N) is 4. The molecule has 2 fully saturated rings. The van der Waals surface area contributed by atoms with Crippen LogP contribution in [0.5, 0.6) is 5.75 Å². The Balaban J connectivity index is 0.827. The Hall–Kier alpha value is -6.84. The molecule has 4 aromatic rings. The summed E-state index contributed by atoms with van der Waals surface area (Å²) in [4.78, 5) is 86.1. The third kappa shape index (κ3) is 12.1. The van der Waals surface area contributed by atoms with Crippen LogP contribution in [0.3, 0.4) is 0 Å². The van der Waals surface area contributed by atoms with Gasteiger partial charge in [-0.3, -0.25) is 38.6 Å². The number of benzene rings is 2. The second-order valence-corrected chi connectivity index (χ2v) is 17.4. The number of nitrogens with one attached hydrogen (secondary N) is 5. The smallest absolute Gasteiger partial charge is 0.407 e. The second kappa shape index (κ2) is 21.6. The molecule has 1 saturated heterocycles. The van der Waals surface area contributed by atoms with Crippen LogP contribution < -0.4 is 37.1 Å². The number of primary amides is 1. The van der Waals surface area contributed by atoms with Crippen LogP contribution in [0.15, 0.2) is 48.8 Å². The Bertz CT molecular complexity index is 2490. The number of alkyl carbamates (subject to hydrolysis) is 1. The summed E-state index contributed by atoms with van der Waals surface area (Å²) < 4.78 is 30.2. The van der Waals surface area contributed by atoms with Crippen molar-refractivity contribution in [1.29, 1.82) is 0 Å². The van der Waals surface area contributed by atoms with Gasteiger partial charge < -0.3 is 50.7 Å². The number of hydrogen-bond acceptors (Lipinski definition) is 16. The van der Waals surface area contributed by atoms with Crippen molar-refractivity contribution >= 4 is 64.4 Å². The number of imidazole rings is 1. The summed E-state index contributed by atoms with van der Waals surface area (Å²) in [5, 5.41) is 15.1. The van der Waals surface area contributed by atoms with Crippen molar-refractivity contribution in [1.82, 2.24) is 29.9 Å². The minimum Gasteiger partial charge on any atom is -0.491 e. The largest absolute Gasteiger partial charge is 0.491 e. The molecule has 67 heavy (non-hydrogen) atoms. The molecule has 358 valence electrons. The first-order valence-electron chi connectivity index (χ1n) is 22.4. The van der Waals surface area contributed by atoms with E-state index < -0.39 is 47.3 Å². The predicted molar refractivity (Wildman–Crippen MR) is 245 cm³/mol. The van der Waals surface area contributed by atoms with Crippen LogP contribution in [0.2, 0.25) is 0 Å². The summed E-state index contributed by atoms with van der Waals surface area (Å²) in [7, 11) is 0. The number of carbonyl (C=O) groups is 6. The van der Waals surface area contributed by atoms with Gasteiger partial charge in [-0.2, -0.15) is 4.98 Å². The summed E-state index contributed by atoms with van der Waals surface area (Å²) in [5.74, 6) is -1.75. The summed E-state index contributed by atoms with van der Waals surface area (Å²) in [6.07, 6.45) is 6.34. The second-order valence-electron chi connectivity index (χ2n) is 17.4. The Morgan fingerprint density at radius 2 is 1.61 bits per heavy atom. The first-order valence-corrected chi connectivity index (χ1v) is 22.4. The Labute approximate surface area is 387 Å². The maximum absolute atomic E-state index is 13.3. The summed E-state index contributed by atoms with van der Waals surface area (Å²) >= 11 is 0. The number of fused-ring (bicyclic) bond motifs is 2. The average molecular weight is 927 g/mol. The summed E-state index contributed by atoms with van der Waals surface area (Å²) in [6, 6.07) is 9.00. The number of piperidine rings is 1. The number of amides is 6. The molecule has 1 saturated carbocycles. The van der Waals surface area contributed by atoms with E-state index in [-0.39, 0.29) is 54.0 Å². The van der Waals surface area contributed by atoms with E-state index in [0.29, 0.717) is 74.9 Å². The molecule has 1 aliphatic carbocycles. The van der Waals surface area contributed by atoms with E-state index >= 15 is 0 Å². The topological polar surface area (TPSA) is 268 Å². The zero-order valence-corrected chi connectivity index (χ0v) is 38.1. The molecule has 21 nitrogen and oxygen atoms in total. The van der Waals surface area contributed by atoms with Gasteiger partial charge in [0.15, 0.2) is 11.5 Å². The van der Waals surface area contributed by atoms with Gasteiger partial charge in [0.05, 0.1) is 56.8 Å². The molecule has 2 aliphatic heterocycles. The minimum absolute atomic E-state index is 0.0474. The highest BCUT2D eigenvalue weighted by molar-refractivity contribution is 6.25. The summed E-state index contributed by atoms with van der Waals surface area (Å²) in [5.41, 5.74) is 8.02. The van der Waals surface area contributed by atoms with E-state index in [1.54, 1.807) is 41.1 Å². The monoisotopic (exact) mass is 926 g/mol. The van der Waals surface area contributed by atoms with Gasteiger partial charge in [0.25, 0.3) is 17.7 Å². The number of hydrogen-bond donors (Lipinski definition) is 6.